The number of amides is 2. The van der Waals surface area contributed by atoms with Gasteiger partial charge in [-0.05, 0) is 79.4 Å². The first-order valence-corrected chi connectivity index (χ1v) is 11.8. The fourth-order valence-electron chi connectivity index (χ4n) is 3.51. The summed E-state index contributed by atoms with van der Waals surface area (Å²) in [5, 5.41) is 0.643. The van der Waals surface area contributed by atoms with Crippen molar-refractivity contribution in [3.8, 4) is 0 Å². The number of pyridine rings is 1. The Kier molecular flexibility index (Phi) is 7.51. The van der Waals surface area contributed by atoms with Crippen LogP contribution in [0.5, 0.6) is 0 Å². The number of hydrogen-bond donors (Lipinski definition) is 1. The number of benzene rings is 2. The molecule has 0 aliphatic rings. The minimum Gasteiger partial charge on any atom is -0.291 e. The summed E-state index contributed by atoms with van der Waals surface area (Å²) in [5.41, 5.74) is 0.840. The number of rotatable bonds is 7. The SMILES string of the molecule is CC(=O)NC(=O)c1cc(C)c(CCC(c2cc(F)ccc2F)S(=O)(=O)c2ccc(F)cc2)cn1. The summed E-state index contributed by atoms with van der Waals surface area (Å²) in [6.07, 6.45) is 1.34. The van der Waals surface area contributed by atoms with Gasteiger partial charge in [0.05, 0.1) is 10.1 Å². The fourth-order valence-corrected chi connectivity index (χ4v) is 5.30. The number of imide groups is 1. The molecule has 178 valence electrons. The second-order valence-corrected chi connectivity index (χ2v) is 9.83. The summed E-state index contributed by atoms with van der Waals surface area (Å²) in [6.45, 7) is 2.86. The van der Waals surface area contributed by atoms with E-state index in [9.17, 15) is 31.2 Å². The molecule has 1 unspecified atom stereocenters. The smallest absolute Gasteiger partial charge is 0.276 e. The Balaban J connectivity index is 1.96. The largest absolute Gasteiger partial charge is 0.291 e. The van der Waals surface area contributed by atoms with Crippen LogP contribution in [-0.2, 0) is 21.1 Å². The lowest BCUT2D eigenvalue weighted by molar-refractivity contribution is -0.118. The van der Waals surface area contributed by atoms with Gasteiger partial charge in [0, 0.05) is 18.7 Å². The number of sulfone groups is 1. The van der Waals surface area contributed by atoms with E-state index in [2.05, 4.69) is 10.3 Å². The van der Waals surface area contributed by atoms with E-state index >= 15 is 0 Å². The van der Waals surface area contributed by atoms with Crippen LogP contribution >= 0.6 is 0 Å². The number of aryl methyl sites for hydroxylation is 2. The average molecular weight is 491 g/mol. The number of aromatic nitrogens is 1. The number of nitrogens with one attached hydrogen (secondary N) is 1. The summed E-state index contributed by atoms with van der Waals surface area (Å²) >= 11 is 0. The van der Waals surface area contributed by atoms with Crippen molar-refractivity contribution >= 4 is 21.7 Å². The lowest BCUT2D eigenvalue weighted by atomic mass is 10.0. The van der Waals surface area contributed by atoms with Crippen LogP contribution in [0.2, 0.25) is 0 Å². The van der Waals surface area contributed by atoms with Crippen molar-refractivity contribution in [2.24, 2.45) is 0 Å². The van der Waals surface area contributed by atoms with Crippen molar-refractivity contribution in [3.05, 3.63) is 94.6 Å². The molecule has 2 amide bonds. The summed E-state index contributed by atoms with van der Waals surface area (Å²) in [4.78, 5) is 26.8. The van der Waals surface area contributed by atoms with Gasteiger partial charge in [0.25, 0.3) is 5.91 Å². The molecule has 1 atom stereocenters. The predicted molar refractivity (Wildman–Crippen MR) is 118 cm³/mol. The average Bonchev–Trinajstić information content (AvgIpc) is 2.76. The first-order chi connectivity index (χ1) is 16.0. The van der Waals surface area contributed by atoms with Gasteiger partial charge in [0.15, 0.2) is 9.84 Å². The van der Waals surface area contributed by atoms with Crippen molar-refractivity contribution in [1.29, 1.82) is 0 Å². The Bertz CT molecular complexity index is 1340. The third-order valence-electron chi connectivity index (χ3n) is 5.24. The van der Waals surface area contributed by atoms with Crippen LogP contribution < -0.4 is 5.32 Å². The van der Waals surface area contributed by atoms with Gasteiger partial charge in [-0.1, -0.05) is 0 Å². The molecule has 0 aliphatic heterocycles. The highest BCUT2D eigenvalue weighted by molar-refractivity contribution is 7.91. The fraction of sp³-hybridized carbons (Fsp3) is 0.208. The van der Waals surface area contributed by atoms with Gasteiger partial charge in [-0.15, -0.1) is 0 Å². The quantitative estimate of drug-likeness (QED) is 0.501. The molecule has 0 radical (unpaired) electrons. The summed E-state index contributed by atoms with van der Waals surface area (Å²) in [6, 6.07) is 8.12. The van der Waals surface area contributed by atoms with Gasteiger partial charge in [-0.25, -0.2) is 21.6 Å². The van der Waals surface area contributed by atoms with Crippen molar-refractivity contribution < 1.29 is 31.2 Å². The first kappa shape index (κ1) is 25.1. The number of halogens is 3. The Morgan fingerprint density at radius 3 is 2.26 bits per heavy atom. The predicted octanol–water partition coefficient (Wildman–Crippen LogP) is 4.23. The van der Waals surface area contributed by atoms with Gasteiger partial charge in [0.2, 0.25) is 5.91 Å². The van der Waals surface area contributed by atoms with Crippen LogP contribution in [0.25, 0.3) is 0 Å². The van der Waals surface area contributed by atoms with E-state index in [1.807, 2.05) is 0 Å². The van der Waals surface area contributed by atoms with Gasteiger partial charge in [0.1, 0.15) is 23.1 Å². The maximum absolute atomic E-state index is 14.6. The Hall–Kier alpha value is -3.53. The molecule has 0 aliphatic carbocycles. The zero-order valence-electron chi connectivity index (χ0n) is 18.3. The van der Waals surface area contributed by atoms with Crippen LogP contribution in [-0.4, -0.2) is 25.2 Å². The summed E-state index contributed by atoms with van der Waals surface area (Å²) < 4.78 is 68.5. The highest BCUT2D eigenvalue weighted by Gasteiger charge is 2.32. The molecule has 0 saturated carbocycles. The molecule has 34 heavy (non-hydrogen) atoms. The minimum absolute atomic E-state index is 0.00288. The van der Waals surface area contributed by atoms with Crippen LogP contribution in [0.15, 0.2) is 59.6 Å². The molecule has 0 fully saturated rings. The number of carbonyl (C=O) groups excluding carboxylic acids is 2. The maximum atomic E-state index is 14.6. The van der Waals surface area contributed by atoms with Crippen molar-refractivity contribution in [2.45, 2.75) is 36.8 Å². The highest BCUT2D eigenvalue weighted by Crippen LogP contribution is 2.35. The topological polar surface area (TPSA) is 93.2 Å². The van der Waals surface area contributed by atoms with Crippen LogP contribution in [0, 0.1) is 24.4 Å². The molecule has 0 bridgehead atoms. The zero-order chi connectivity index (χ0) is 25.0. The van der Waals surface area contributed by atoms with E-state index in [1.165, 1.54) is 19.2 Å². The minimum atomic E-state index is -4.22. The Labute approximate surface area is 194 Å². The maximum Gasteiger partial charge on any atom is 0.276 e. The molecule has 3 rings (SSSR count). The van der Waals surface area contributed by atoms with Gasteiger partial charge in [-0.3, -0.25) is 19.9 Å². The monoisotopic (exact) mass is 490 g/mol. The molecular formula is C24H21F3N2O4S. The normalized spacial score (nSPS) is 12.3. The van der Waals surface area contributed by atoms with E-state index in [4.69, 9.17) is 0 Å². The lowest BCUT2D eigenvalue weighted by Crippen LogP contribution is -2.28. The van der Waals surface area contributed by atoms with Crippen LogP contribution in [0.3, 0.4) is 0 Å². The third kappa shape index (κ3) is 5.69. The zero-order valence-corrected chi connectivity index (χ0v) is 19.1. The van der Waals surface area contributed by atoms with Crippen LogP contribution in [0.4, 0.5) is 13.2 Å². The Morgan fingerprint density at radius 2 is 1.65 bits per heavy atom. The molecule has 1 heterocycles. The molecule has 1 N–H and O–H groups in total. The van der Waals surface area contributed by atoms with Crippen LogP contribution in [0.1, 0.15) is 45.8 Å². The number of carbonyl (C=O) groups is 2. The molecule has 0 saturated heterocycles. The Morgan fingerprint density at radius 1 is 1.00 bits per heavy atom. The molecular weight excluding hydrogens is 469 g/mol. The van der Waals surface area contributed by atoms with Gasteiger partial charge >= 0.3 is 0 Å². The summed E-state index contributed by atoms with van der Waals surface area (Å²) in [5.74, 6) is -3.54. The van der Waals surface area contributed by atoms with E-state index in [1.54, 1.807) is 6.92 Å². The first-order valence-electron chi connectivity index (χ1n) is 10.2. The van der Waals surface area contributed by atoms with Crippen molar-refractivity contribution in [3.63, 3.8) is 0 Å². The molecule has 3 aromatic rings. The molecule has 1 aromatic heterocycles. The molecule has 0 spiro atoms. The molecule has 2 aromatic carbocycles. The lowest BCUT2D eigenvalue weighted by Gasteiger charge is -2.20. The number of hydrogen-bond acceptors (Lipinski definition) is 5. The molecule has 10 heteroatoms. The third-order valence-corrected chi connectivity index (χ3v) is 7.41. The van der Waals surface area contributed by atoms with E-state index in [0.717, 1.165) is 42.5 Å². The number of nitrogens with zero attached hydrogens (tertiary/aromatic N) is 1. The molecule has 6 nitrogen and oxygen atoms in total. The van der Waals surface area contributed by atoms with E-state index in [-0.39, 0.29) is 29.0 Å². The van der Waals surface area contributed by atoms with E-state index < -0.39 is 44.4 Å². The van der Waals surface area contributed by atoms with Gasteiger partial charge < -0.3 is 0 Å². The standard InChI is InChI=1S/C24H21F3N2O4S/c1-14-11-22(24(31)29-15(2)30)28-13-16(14)3-10-23(20-12-18(26)6-9-21(20)27)34(32,33)19-7-4-17(25)5-8-19/h4-9,11-13,23H,3,10H2,1-2H3,(H,29,30,31). The van der Waals surface area contributed by atoms with Crippen molar-refractivity contribution in [2.75, 3.05) is 0 Å². The second-order valence-electron chi connectivity index (χ2n) is 7.70. The second kappa shape index (κ2) is 10.2. The highest BCUT2D eigenvalue weighted by atomic mass is 32.2. The van der Waals surface area contributed by atoms with E-state index in [0.29, 0.717) is 11.1 Å². The summed E-state index contributed by atoms with van der Waals surface area (Å²) in [7, 11) is -4.22. The van der Waals surface area contributed by atoms with Gasteiger partial charge in [-0.2, -0.15) is 0 Å². The van der Waals surface area contributed by atoms with Crippen molar-refractivity contribution in [1.82, 2.24) is 10.3 Å².